The number of rotatable bonds is 4. The minimum atomic E-state index is 0.708. The van der Waals surface area contributed by atoms with Crippen LogP contribution in [-0.4, -0.2) is 14.5 Å². The van der Waals surface area contributed by atoms with Gasteiger partial charge in [-0.2, -0.15) is 4.98 Å². The van der Waals surface area contributed by atoms with Crippen molar-refractivity contribution in [1.82, 2.24) is 14.5 Å². The Labute approximate surface area is 144 Å². The van der Waals surface area contributed by atoms with Crippen molar-refractivity contribution < 1.29 is 0 Å². The molecule has 0 aliphatic heterocycles. The molecule has 0 unspecified atom stereocenters. The zero-order valence-electron chi connectivity index (χ0n) is 12.9. The van der Waals surface area contributed by atoms with E-state index >= 15 is 0 Å². The molecule has 2 heterocycles. The molecule has 0 spiro atoms. The first-order valence-corrected chi connectivity index (χ1v) is 8.05. The number of nitrogens with one attached hydrogen (secondary N) is 1. The summed E-state index contributed by atoms with van der Waals surface area (Å²) in [4.78, 5) is 9.00. The summed E-state index contributed by atoms with van der Waals surface area (Å²) in [5.41, 5.74) is 3.87. The van der Waals surface area contributed by atoms with Gasteiger partial charge < -0.3 is 9.88 Å². The third-order valence-electron chi connectivity index (χ3n) is 3.81. The van der Waals surface area contributed by atoms with Crippen LogP contribution in [0.2, 0.25) is 5.02 Å². The van der Waals surface area contributed by atoms with Gasteiger partial charge in [-0.3, -0.25) is 0 Å². The van der Waals surface area contributed by atoms with E-state index in [0.717, 1.165) is 29.3 Å². The van der Waals surface area contributed by atoms with Gasteiger partial charge in [-0.15, -0.1) is 0 Å². The molecule has 4 rings (SSSR count). The molecule has 0 aliphatic rings. The number of anilines is 2. The molecule has 0 bridgehead atoms. The van der Waals surface area contributed by atoms with Gasteiger partial charge in [-0.25, -0.2) is 4.98 Å². The van der Waals surface area contributed by atoms with Crippen molar-refractivity contribution in [2.75, 3.05) is 5.32 Å². The molecule has 0 fully saturated rings. The molecule has 0 saturated carbocycles. The van der Waals surface area contributed by atoms with Crippen LogP contribution in [-0.2, 0) is 6.54 Å². The van der Waals surface area contributed by atoms with Gasteiger partial charge in [0.25, 0.3) is 0 Å². The van der Waals surface area contributed by atoms with E-state index in [2.05, 4.69) is 32.0 Å². The third-order valence-corrected chi connectivity index (χ3v) is 4.06. The van der Waals surface area contributed by atoms with E-state index in [4.69, 9.17) is 11.6 Å². The van der Waals surface area contributed by atoms with Gasteiger partial charge >= 0.3 is 0 Å². The second kappa shape index (κ2) is 6.34. The molecule has 0 aliphatic carbocycles. The van der Waals surface area contributed by atoms with E-state index in [9.17, 15) is 0 Å². The van der Waals surface area contributed by atoms with Crippen molar-refractivity contribution in [3.05, 3.63) is 83.5 Å². The summed E-state index contributed by atoms with van der Waals surface area (Å²) >= 11 is 5.96. The van der Waals surface area contributed by atoms with Crippen LogP contribution in [0.25, 0.3) is 11.2 Å². The molecular formula is C19H15ClN4. The molecule has 5 heteroatoms. The molecule has 0 saturated heterocycles. The number of imidazole rings is 1. The number of hydrogen-bond donors (Lipinski definition) is 1. The molecule has 0 radical (unpaired) electrons. The van der Waals surface area contributed by atoms with E-state index in [-0.39, 0.29) is 0 Å². The van der Waals surface area contributed by atoms with Gasteiger partial charge in [0.05, 0.1) is 12.1 Å². The van der Waals surface area contributed by atoms with Crippen LogP contribution in [0.5, 0.6) is 0 Å². The number of halogens is 1. The predicted molar refractivity (Wildman–Crippen MR) is 97.8 cm³/mol. The van der Waals surface area contributed by atoms with Crippen molar-refractivity contribution in [2.45, 2.75) is 6.54 Å². The average molecular weight is 335 g/mol. The Morgan fingerprint density at radius 2 is 1.71 bits per heavy atom. The largest absolute Gasteiger partial charge is 0.326 e. The minimum Gasteiger partial charge on any atom is -0.326 e. The Bertz CT molecular complexity index is 962. The van der Waals surface area contributed by atoms with Gasteiger partial charge in [0.1, 0.15) is 0 Å². The summed E-state index contributed by atoms with van der Waals surface area (Å²) in [6.45, 7) is 0.721. The maximum absolute atomic E-state index is 5.96. The summed E-state index contributed by atoms with van der Waals surface area (Å²) in [6, 6.07) is 21.8. The number of fused-ring (bicyclic) bond motifs is 1. The topological polar surface area (TPSA) is 42.7 Å². The van der Waals surface area contributed by atoms with E-state index in [1.54, 1.807) is 6.20 Å². The Morgan fingerprint density at radius 3 is 2.50 bits per heavy atom. The Kier molecular flexibility index (Phi) is 3.89. The molecule has 2 aromatic heterocycles. The zero-order valence-corrected chi connectivity index (χ0v) is 13.6. The predicted octanol–water partition coefficient (Wildman–Crippen LogP) is 4.88. The van der Waals surface area contributed by atoms with Gasteiger partial charge in [0.2, 0.25) is 5.95 Å². The molecule has 0 atom stereocenters. The molecular weight excluding hydrogens is 320 g/mol. The number of benzene rings is 2. The van der Waals surface area contributed by atoms with E-state index in [0.29, 0.717) is 5.02 Å². The first-order valence-electron chi connectivity index (χ1n) is 7.67. The van der Waals surface area contributed by atoms with Crippen LogP contribution in [0, 0.1) is 0 Å². The van der Waals surface area contributed by atoms with Crippen LogP contribution in [0.1, 0.15) is 5.56 Å². The van der Waals surface area contributed by atoms with Crippen LogP contribution in [0.4, 0.5) is 11.6 Å². The highest BCUT2D eigenvalue weighted by atomic mass is 35.5. The van der Waals surface area contributed by atoms with Crippen molar-refractivity contribution in [1.29, 1.82) is 0 Å². The second-order valence-corrected chi connectivity index (χ2v) is 5.92. The van der Waals surface area contributed by atoms with Crippen molar-refractivity contribution in [3.63, 3.8) is 0 Å². The minimum absolute atomic E-state index is 0.708. The molecule has 4 nitrogen and oxygen atoms in total. The zero-order chi connectivity index (χ0) is 16.4. The molecule has 24 heavy (non-hydrogen) atoms. The Balaban J connectivity index is 1.76. The SMILES string of the molecule is Clc1ccc(Nc2nc3ncccc3n2Cc2ccccc2)cc1. The van der Waals surface area contributed by atoms with E-state index < -0.39 is 0 Å². The van der Waals surface area contributed by atoms with Crippen LogP contribution in [0.3, 0.4) is 0 Å². The summed E-state index contributed by atoms with van der Waals surface area (Å²) < 4.78 is 2.13. The highest BCUT2D eigenvalue weighted by Crippen LogP contribution is 2.23. The number of pyridine rings is 1. The maximum Gasteiger partial charge on any atom is 0.210 e. The fourth-order valence-electron chi connectivity index (χ4n) is 2.64. The lowest BCUT2D eigenvalue weighted by molar-refractivity contribution is 0.835. The molecule has 118 valence electrons. The summed E-state index contributed by atoms with van der Waals surface area (Å²) in [7, 11) is 0. The standard InChI is InChI=1S/C19H15ClN4/c20-15-8-10-16(11-9-15)22-19-23-18-17(7-4-12-21-18)24(19)13-14-5-2-1-3-6-14/h1-12H,13H2,(H,21,22,23). The summed E-state index contributed by atoms with van der Waals surface area (Å²) in [5.74, 6) is 0.759. The monoisotopic (exact) mass is 334 g/mol. The lowest BCUT2D eigenvalue weighted by Gasteiger charge is -2.11. The molecule has 0 amide bonds. The fraction of sp³-hybridized carbons (Fsp3) is 0.0526. The van der Waals surface area contributed by atoms with Crippen molar-refractivity contribution in [2.24, 2.45) is 0 Å². The number of nitrogens with zero attached hydrogens (tertiary/aromatic N) is 3. The van der Waals surface area contributed by atoms with E-state index in [1.165, 1.54) is 5.56 Å². The highest BCUT2D eigenvalue weighted by molar-refractivity contribution is 6.30. The van der Waals surface area contributed by atoms with Gasteiger partial charge in [0.15, 0.2) is 5.65 Å². The van der Waals surface area contributed by atoms with Crippen LogP contribution < -0.4 is 5.32 Å². The maximum atomic E-state index is 5.96. The smallest absolute Gasteiger partial charge is 0.210 e. The average Bonchev–Trinajstić information content (AvgIpc) is 2.95. The lowest BCUT2D eigenvalue weighted by Crippen LogP contribution is -2.05. The van der Waals surface area contributed by atoms with Gasteiger partial charge in [-0.05, 0) is 42.0 Å². The highest BCUT2D eigenvalue weighted by Gasteiger charge is 2.12. The first-order chi connectivity index (χ1) is 11.8. The van der Waals surface area contributed by atoms with Crippen LogP contribution >= 0.6 is 11.6 Å². The van der Waals surface area contributed by atoms with Gasteiger partial charge in [-0.1, -0.05) is 41.9 Å². The summed E-state index contributed by atoms with van der Waals surface area (Å²) in [5, 5.41) is 4.07. The fourth-order valence-corrected chi connectivity index (χ4v) is 2.77. The third kappa shape index (κ3) is 2.96. The van der Waals surface area contributed by atoms with Gasteiger partial charge in [0, 0.05) is 16.9 Å². The number of hydrogen-bond acceptors (Lipinski definition) is 3. The molecule has 2 aromatic carbocycles. The quantitative estimate of drug-likeness (QED) is 0.578. The van der Waals surface area contributed by atoms with Crippen molar-refractivity contribution >= 4 is 34.4 Å². The van der Waals surface area contributed by atoms with Crippen LogP contribution in [0.15, 0.2) is 72.9 Å². The van der Waals surface area contributed by atoms with E-state index in [1.807, 2.05) is 54.6 Å². The summed E-state index contributed by atoms with van der Waals surface area (Å²) in [6.07, 6.45) is 1.76. The first kappa shape index (κ1) is 14.7. The van der Waals surface area contributed by atoms with Crippen molar-refractivity contribution in [3.8, 4) is 0 Å². The number of aromatic nitrogens is 3. The Morgan fingerprint density at radius 1 is 0.917 bits per heavy atom. The Hall–Kier alpha value is -2.85. The second-order valence-electron chi connectivity index (χ2n) is 5.49. The molecule has 1 N–H and O–H groups in total. The lowest BCUT2D eigenvalue weighted by atomic mass is 10.2. The molecule has 4 aromatic rings. The normalized spacial score (nSPS) is 10.9.